The Labute approximate surface area is 178 Å². The molecular weight excluding hydrogens is 416 g/mol. The summed E-state index contributed by atoms with van der Waals surface area (Å²) in [5.41, 5.74) is 0.585. The highest BCUT2D eigenvalue weighted by molar-refractivity contribution is 5.87. The zero-order valence-corrected chi connectivity index (χ0v) is 16.7. The smallest absolute Gasteiger partial charge is 0.330 e. The molecule has 1 aliphatic heterocycles. The summed E-state index contributed by atoms with van der Waals surface area (Å²) in [6.07, 6.45) is -5.96. The van der Waals surface area contributed by atoms with E-state index in [1.54, 1.807) is 24.3 Å². The number of benzene rings is 1. The molecule has 11 heteroatoms. The van der Waals surface area contributed by atoms with Gasteiger partial charge in [0.1, 0.15) is 42.9 Å². The van der Waals surface area contributed by atoms with Crippen molar-refractivity contribution in [3.63, 3.8) is 0 Å². The van der Waals surface area contributed by atoms with Crippen LogP contribution in [-0.4, -0.2) is 94.1 Å². The standard InChI is InChI=1S/C20H26O11/c1-11(22)30-14-4-2-3-12(7-14)5-6-16(24)28-9-13(23)10-29-20-19(27)18(26)17(25)15(8-21)31-20/h2-7,13,15,17-21,23,25-27H,8-10H2,1H3/b6-5+/t13-,15?,17?,18?,19?,20?/m1/s1. The van der Waals surface area contributed by atoms with Gasteiger partial charge in [-0.05, 0) is 23.8 Å². The highest BCUT2D eigenvalue weighted by Gasteiger charge is 2.44. The van der Waals surface area contributed by atoms with E-state index in [9.17, 15) is 30.0 Å². The minimum absolute atomic E-state index is 0.323. The van der Waals surface area contributed by atoms with Crippen LogP contribution in [0.5, 0.6) is 5.75 Å². The van der Waals surface area contributed by atoms with Gasteiger partial charge in [-0.2, -0.15) is 0 Å². The molecule has 172 valence electrons. The predicted octanol–water partition coefficient (Wildman–Crippen LogP) is -1.65. The summed E-state index contributed by atoms with van der Waals surface area (Å²) >= 11 is 0. The Balaban J connectivity index is 1.77. The quantitative estimate of drug-likeness (QED) is 0.168. The fourth-order valence-corrected chi connectivity index (χ4v) is 2.70. The molecule has 0 aromatic heterocycles. The molecule has 1 aromatic rings. The van der Waals surface area contributed by atoms with Crippen LogP contribution in [0.3, 0.4) is 0 Å². The lowest BCUT2D eigenvalue weighted by Crippen LogP contribution is -2.59. The van der Waals surface area contributed by atoms with E-state index in [1.165, 1.54) is 13.0 Å². The molecule has 0 aliphatic carbocycles. The van der Waals surface area contributed by atoms with Crippen molar-refractivity contribution in [3.8, 4) is 5.75 Å². The van der Waals surface area contributed by atoms with Gasteiger partial charge in [0.25, 0.3) is 0 Å². The van der Waals surface area contributed by atoms with E-state index >= 15 is 0 Å². The Morgan fingerprint density at radius 2 is 1.90 bits per heavy atom. The molecular formula is C20H26O11. The van der Waals surface area contributed by atoms with E-state index in [0.29, 0.717) is 11.3 Å². The number of ether oxygens (including phenoxy) is 4. The first-order chi connectivity index (χ1) is 14.7. The van der Waals surface area contributed by atoms with Gasteiger partial charge in [0, 0.05) is 13.0 Å². The maximum atomic E-state index is 11.8. The van der Waals surface area contributed by atoms with Gasteiger partial charge >= 0.3 is 11.9 Å². The fraction of sp³-hybridized carbons (Fsp3) is 0.500. The second-order valence-corrected chi connectivity index (χ2v) is 6.81. The molecule has 0 spiro atoms. The zero-order chi connectivity index (χ0) is 23.0. The van der Waals surface area contributed by atoms with E-state index in [0.717, 1.165) is 6.08 Å². The van der Waals surface area contributed by atoms with E-state index in [2.05, 4.69) is 0 Å². The van der Waals surface area contributed by atoms with Gasteiger partial charge in [0.2, 0.25) is 0 Å². The number of hydrogen-bond donors (Lipinski definition) is 5. The van der Waals surface area contributed by atoms with Crippen molar-refractivity contribution in [1.82, 2.24) is 0 Å². The summed E-state index contributed by atoms with van der Waals surface area (Å²) in [5.74, 6) is -0.894. The minimum atomic E-state index is -1.60. The summed E-state index contributed by atoms with van der Waals surface area (Å²) in [6, 6.07) is 6.46. The Kier molecular flexibility index (Phi) is 9.52. The van der Waals surface area contributed by atoms with Gasteiger partial charge in [-0.15, -0.1) is 0 Å². The van der Waals surface area contributed by atoms with Crippen LogP contribution in [0.4, 0.5) is 0 Å². The van der Waals surface area contributed by atoms with Crippen LogP contribution in [0.1, 0.15) is 12.5 Å². The molecule has 6 atom stereocenters. The van der Waals surface area contributed by atoms with Crippen LogP contribution in [0.2, 0.25) is 0 Å². The largest absolute Gasteiger partial charge is 0.460 e. The van der Waals surface area contributed by atoms with Crippen molar-refractivity contribution >= 4 is 18.0 Å². The van der Waals surface area contributed by atoms with Crippen LogP contribution in [0.15, 0.2) is 30.3 Å². The summed E-state index contributed by atoms with van der Waals surface area (Å²) < 4.78 is 20.1. The normalized spacial score (nSPS) is 27.1. The van der Waals surface area contributed by atoms with Gasteiger partial charge < -0.3 is 44.5 Å². The maximum Gasteiger partial charge on any atom is 0.330 e. The van der Waals surface area contributed by atoms with Crippen molar-refractivity contribution in [2.75, 3.05) is 19.8 Å². The second-order valence-electron chi connectivity index (χ2n) is 6.81. The maximum absolute atomic E-state index is 11.8. The van der Waals surface area contributed by atoms with Gasteiger partial charge in [-0.1, -0.05) is 12.1 Å². The third-order valence-electron chi connectivity index (χ3n) is 4.25. The Morgan fingerprint density at radius 1 is 1.16 bits per heavy atom. The lowest BCUT2D eigenvalue weighted by molar-refractivity contribution is -0.304. The molecule has 1 heterocycles. The van der Waals surface area contributed by atoms with Crippen molar-refractivity contribution < 1.29 is 54.1 Å². The topological polar surface area (TPSA) is 172 Å². The summed E-state index contributed by atoms with van der Waals surface area (Å²) in [5, 5.41) is 48.3. The van der Waals surface area contributed by atoms with Crippen molar-refractivity contribution in [2.24, 2.45) is 0 Å². The van der Waals surface area contributed by atoms with Crippen molar-refractivity contribution in [3.05, 3.63) is 35.9 Å². The van der Waals surface area contributed by atoms with E-state index in [-0.39, 0.29) is 0 Å². The third kappa shape index (κ3) is 7.67. The van der Waals surface area contributed by atoms with E-state index in [1.807, 2.05) is 0 Å². The lowest BCUT2D eigenvalue weighted by atomic mass is 9.99. The fourth-order valence-electron chi connectivity index (χ4n) is 2.70. The van der Waals surface area contributed by atoms with Crippen LogP contribution in [-0.2, 0) is 23.8 Å². The number of carbonyl (C=O) groups excluding carboxylic acids is 2. The summed E-state index contributed by atoms with van der Waals surface area (Å²) in [7, 11) is 0. The average Bonchev–Trinajstić information content (AvgIpc) is 2.74. The number of rotatable bonds is 9. The van der Waals surface area contributed by atoms with E-state index in [4.69, 9.17) is 24.1 Å². The van der Waals surface area contributed by atoms with Crippen molar-refractivity contribution in [1.29, 1.82) is 0 Å². The first kappa shape index (κ1) is 24.9. The average molecular weight is 442 g/mol. The van der Waals surface area contributed by atoms with Gasteiger partial charge in [-0.3, -0.25) is 4.79 Å². The van der Waals surface area contributed by atoms with Gasteiger partial charge in [0.15, 0.2) is 6.29 Å². The number of esters is 2. The third-order valence-corrected chi connectivity index (χ3v) is 4.25. The molecule has 11 nitrogen and oxygen atoms in total. The molecule has 2 rings (SSSR count). The van der Waals surface area contributed by atoms with Crippen LogP contribution >= 0.6 is 0 Å². The highest BCUT2D eigenvalue weighted by atomic mass is 16.7. The number of carbonyl (C=O) groups is 2. The van der Waals surface area contributed by atoms with Crippen LogP contribution in [0.25, 0.3) is 6.08 Å². The van der Waals surface area contributed by atoms with Crippen LogP contribution in [0, 0.1) is 0 Å². The molecule has 0 amide bonds. The molecule has 0 saturated carbocycles. The van der Waals surface area contributed by atoms with E-state index < -0.39 is 68.6 Å². The molecule has 1 fully saturated rings. The number of aliphatic hydroxyl groups is 5. The molecule has 5 N–H and O–H groups in total. The zero-order valence-electron chi connectivity index (χ0n) is 16.7. The monoisotopic (exact) mass is 442 g/mol. The molecule has 1 saturated heterocycles. The Morgan fingerprint density at radius 3 is 2.58 bits per heavy atom. The Bertz CT molecular complexity index is 763. The molecule has 5 unspecified atom stereocenters. The van der Waals surface area contributed by atoms with Crippen molar-refractivity contribution in [2.45, 2.75) is 43.7 Å². The number of aliphatic hydroxyl groups excluding tert-OH is 5. The minimum Gasteiger partial charge on any atom is -0.460 e. The molecule has 0 bridgehead atoms. The van der Waals surface area contributed by atoms with Crippen LogP contribution < -0.4 is 4.74 Å². The lowest BCUT2D eigenvalue weighted by Gasteiger charge is -2.39. The first-order valence-electron chi connectivity index (χ1n) is 9.44. The van der Waals surface area contributed by atoms with Gasteiger partial charge in [-0.25, -0.2) is 4.79 Å². The molecule has 31 heavy (non-hydrogen) atoms. The van der Waals surface area contributed by atoms with Gasteiger partial charge in [0.05, 0.1) is 13.2 Å². The summed E-state index contributed by atoms with van der Waals surface area (Å²) in [6.45, 7) is -0.175. The predicted molar refractivity (Wildman–Crippen MR) is 103 cm³/mol. The SMILES string of the molecule is CC(=O)Oc1cccc(/C=C/C(=O)OC[C@@H](O)COC2OC(CO)C(O)C(O)C2O)c1. The first-order valence-corrected chi connectivity index (χ1v) is 9.44. The molecule has 1 aromatic carbocycles. The molecule has 0 radical (unpaired) electrons. The Hall–Kier alpha value is -2.38. The number of hydrogen-bond acceptors (Lipinski definition) is 11. The molecule has 1 aliphatic rings. The summed E-state index contributed by atoms with van der Waals surface area (Å²) in [4.78, 5) is 22.8. The highest BCUT2D eigenvalue weighted by Crippen LogP contribution is 2.22. The second kappa shape index (κ2) is 11.9.